The first-order valence-corrected chi connectivity index (χ1v) is 24.3. The second-order valence-corrected chi connectivity index (χ2v) is 19.6. The SMILES string of the molecule is O=Cc1cc(N=Nc2cccc(S(=O)(=O)O)c2)ccc1Nc1nc(Nc2ccc(N=Nc3ccc(SOOO)cc3S(=O)(=O)O)cc2OCCCS(=O)(=O)O)nc(N2CC2S(=O)(=O)O)n1. The number of carbonyl (C=O) groups is 1. The molecule has 27 nitrogen and oxygen atoms in total. The topological polar surface area (TPSA) is 398 Å². The molecule has 1 aliphatic heterocycles. The first-order valence-electron chi connectivity index (χ1n) is 17.6. The number of anilines is 5. The summed E-state index contributed by atoms with van der Waals surface area (Å²) in [7, 11) is -18.4. The number of nitrogens with one attached hydrogen (secondary N) is 2. The number of hydrogen-bond donors (Lipinski definition) is 7. The van der Waals surface area contributed by atoms with Gasteiger partial charge in [-0.15, -0.1) is 9.45 Å². The summed E-state index contributed by atoms with van der Waals surface area (Å²) in [6.45, 7) is -0.525. The van der Waals surface area contributed by atoms with Crippen molar-refractivity contribution in [3.8, 4) is 5.75 Å². The van der Waals surface area contributed by atoms with E-state index in [2.05, 4.69) is 55.4 Å². The number of benzene rings is 4. The Labute approximate surface area is 371 Å². The average molecular weight is 999 g/mol. The highest BCUT2D eigenvalue weighted by molar-refractivity contribution is 7.94. The summed E-state index contributed by atoms with van der Waals surface area (Å²) in [6.07, 6.45) is 0.250. The van der Waals surface area contributed by atoms with Gasteiger partial charge in [-0.1, -0.05) is 11.1 Å². The van der Waals surface area contributed by atoms with Gasteiger partial charge in [-0.25, -0.2) is 5.26 Å². The van der Waals surface area contributed by atoms with Gasteiger partial charge >= 0.3 is 0 Å². The van der Waals surface area contributed by atoms with E-state index >= 15 is 0 Å². The molecule has 4 aromatic carbocycles. The molecular formula is C33H30N10O17S5. The van der Waals surface area contributed by atoms with Crippen LogP contribution in [0.1, 0.15) is 16.8 Å². The molecule has 1 atom stereocenters. The van der Waals surface area contributed by atoms with Gasteiger partial charge in [0.05, 0.1) is 64.3 Å². The van der Waals surface area contributed by atoms with Crippen molar-refractivity contribution in [3.05, 3.63) is 84.4 Å². The Morgan fingerprint density at radius 2 is 1.40 bits per heavy atom. The molecule has 5 aromatic rings. The summed E-state index contributed by atoms with van der Waals surface area (Å²) >= 11 is 0.406. The Morgan fingerprint density at radius 1 is 0.754 bits per heavy atom. The van der Waals surface area contributed by atoms with Crippen LogP contribution in [0.5, 0.6) is 5.75 Å². The summed E-state index contributed by atoms with van der Waals surface area (Å²) in [5.74, 6) is -1.57. The Hall–Kier alpha value is -6.17. The van der Waals surface area contributed by atoms with Crippen LogP contribution in [0, 0.1) is 0 Å². The molecule has 2 heterocycles. The molecule has 1 aromatic heterocycles. The first-order chi connectivity index (χ1) is 30.6. The van der Waals surface area contributed by atoms with Gasteiger partial charge in [-0.2, -0.15) is 64.0 Å². The highest BCUT2D eigenvalue weighted by Gasteiger charge is 2.46. The lowest BCUT2D eigenvalue weighted by atomic mass is 10.2. The number of hydrogen-bond acceptors (Lipinski definition) is 24. The molecule has 0 spiro atoms. The minimum atomic E-state index is -4.88. The number of azo groups is 2. The van der Waals surface area contributed by atoms with Crippen molar-refractivity contribution in [2.45, 2.75) is 26.5 Å². The number of aromatic nitrogens is 3. The van der Waals surface area contributed by atoms with E-state index in [1.54, 1.807) is 0 Å². The van der Waals surface area contributed by atoms with Crippen LogP contribution in [-0.2, 0) is 49.8 Å². The minimum absolute atomic E-state index is 0.00635. The number of ether oxygens (including phenoxy) is 1. The van der Waals surface area contributed by atoms with Crippen molar-refractivity contribution in [2.24, 2.45) is 20.5 Å². The summed E-state index contributed by atoms with van der Waals surface area (Å²) in [4.78, 5) is 25.1. The molecule has 0 saturated carbocycles. The zero-order valence-electron chi connectivity index (χ0n) is 32.2. The third-order valence-electron chi connectivity index (χ3n) is 8.26. The molecule has 0 amide bonds. The van der Waals surface area contributed by atoms with Gasteiger partial charge < -0.3 is 20.3 Å². The number of nitrogens with zero attached hydrogens (tertiary/aromatic N) is 8. The van der Waals surface area contributed by atoms with Gasteiger partial charge in [-0.05, 0) is 73.2 Å². The molecule has 1 unspecified atom stereocenters. The lowest BCUT2D eigenvalue weighted by Crippen LogP contribution is -2.15. The van der Waals surface area contributed by atoms with E-state index in [0.717, 1.165) is 29.2 Å². The zero-order valence-corrected chi connectivity index (χ0v) is 36.3. The summed E-state index contributed by atoms with van der Waals surface area (Å²) in [5, 5.41) is 32.0. The van der Waals surface area contributed by atoms with Gasteiger partial charge in [0, 0.05) is 16.5 Å². The van der Waals surface area contributed by atoms with Crippen LogP contribution in [0.15, 0.2) is 114 Å². The number of rotatable bonds is 21. The van der Waals surface area contributed by atoms with E-state index in [9.17, 15) is 56.7 Å². The lowest BCUT2D eigenvalue weighted by Gasteiger charge is -2.15. The van der Waals surface area contributed by atoms with Gasteiger partial charge in [0.2, 0.25) is 17.8 Å². The highest BCUT2D eigenvalue weighted by atomic mass is 32.2. The first kappa shape index (κ1) is 48.3. The van der Waals surface area contributed by atoms with Crippen molar-refractivity contribution in [1.29, 1.82) is 0 Å². The molecule has 1 fully saturated rings. The Bertz CT molecular complexity index is 3140. The molecule has 1 aliphatic rings. The molecule has 6 rings (SSSR count). The van der Waals surface area contributed by atoms with E-state index in [4.69, 9.17) is 9.99 Å². The van der Waals surface area contributed by atoms with Gasteiger partial charge in [0.25, 0.3) is 40.5 Å². The summed E-state index contributed by atoms with van der Waals surface area (Å²) in [6, 6.07) is 16.5. The Morgan fingerprint density at radius 3 is 2.02 bits per heavy atom. The fraction of sp³-hybridized carbons (Fsp3) is 0.152. The Kier molecular flexibility index (Phi) is 14.8. The average Bonchev–Trinajstić information content (AvgIpc) is 4.06. The highest BCUT2D eigenvalue weighted by Crippen LogP contribution is 2.37. The van der Waals surface area contributed by atoms with E-state index in [1.165, 1.54) is 54.6 Å². The Balaban J connectivity index is 1.32. The summed E-state index contributed by atoms with van der Waals surface area (Å²) < 4.78 is 142. The van der Waals surface area contributed by atoms with E-state index in [0.29, 0.717) is 18.3 Å². The van der Waals surface area contributed by atoms with Gasteiger partial charge in [0.15, 0.2) is 11.7 Å². The van der Waals surface area contributed by atoms with Crippen molar-refractivity contribution in [2.75, 3.05) is 34.4 Å². The van der Waals surface area contributed by atoms with Crippen LogP contribution >= 0.6 is 12.0 Å². The quantitative estimate of drug-likeness (QED) is 0.00685. The van der Waals surface area contributed by atoms with Crippen molar-refractivity contribution < 1.29 is 76.0 Å². The maximum Gasteiger partial charge on any atom is 0.296 e. The largest absolute Gasteiger partial charge is 0.491 e. The molecular weight excluding hydrogens is 969 g/mol. The maximum absolute atomic E-state index is 12.2. The number of aldehydes is 1. The molecule has 0 radical (unpaired) electrons. The molecule has 1 saturated heterocycles. The molecule has 0 bridgehead atoms. The third-order valence-corrected chi connectivity index (χ3v) is 12.5. The second-order valence-electron chi connectivity index (χ2n) is 12.9. The fourth-order valence-electron chi connectivity index (χ4n) is 5.30. The standard InChI is InChI=1S/C33H30N10O17S5/c44-18-19-13-21(40-39-20-3-1-4-24(14-20)63(49,50)51)5-8-25(19)34-31-36-32(38-33(37-31)43-17-30(43)65(55,56)57)35-26-9-6-22(15-28(26)58-11-2-12-62(46,47)48)41-42-27-10-7-23(61-60-59-45)16-29(27)64(52,53)54/h1,3-10,13-16,18,30,45H,2,11-12,17H2,(H,46,47,48)(H,49,50,51)(H,52,53,54)(H,55,56,57)(H2,34,35,36,37,38). The number of carbonyl (C=O) groups excluding carboxylic acids is 1. The molecule has 32 heteroatoms. The zero-order chi connectivity index (χ0) is 47.2. The van der Waals surface area contributed by atoms with Gasteiger partial charge in [-0.3, -0.25) is 23.0 Å². The van der Waals surface area contributed by atoms with Crippen molar-refractivity contribution >= 4 is 111 Å². The lowest BCUT2D eigenvalue weighted by molar-refractivity contribution is -0.432. The fourth-order valence-corrected chi connectivity index (χ4v) is 8.19. The predicted molar refractivity (Wildman–Crippen MR) is 225 cm³/mol. The van der Waals surface area contributed by atoms with Crippen molar-refractivity contribution in [3.63, 3.8) is 0 Å². The normalized spacial score (nSPS) is 14.5. The van der Waals surface area contributed by atoms with Crippen LogP contribution in [0.3, 0.4) is 0 Å². The van der Waals surface area contributed by atoms with E-state index < -0.39 is 61.4 Å². The molecule has 344 valence electrons. The monoisotopic (exact) mass is 998 g/mol. The summed E-state index contributed by atoms with van der Waals surface area (Å²) in [5.41, 5.74) is 0.0203. The third kappa shape index (κ3) is 13.7. The van der Waals surface area contributed by atoms with E-state index in [-0.39, 0.29) is 87.8 Å². The van der Waals surface area contributed by atoms with Crippen LogP contribution < -0.4 is 20.3 Å². The van der Waals surface area contributed by atoms with Gasteiger partial charge in [0.1, 0.15) is 16.3 Å². The second kappa shape index (κ2) is 19.9. The van der Waals surface area contributed by atoms with E-state index in [1.807, 2.05) is 0 Å². The molecule has 0 aliphatic carbocycles. The maximum atomic E-state index is 12.2. The van der Waals surface area contributed by atoms with Crippen LogP contribution in [0.4, 0.5) is 52.0 Å². The van der Waals surface area contributed by atoms with Crippen LogP contribution in [0.25, 0.3) is 0 Å². The predicted octanol–water partition coefficient (Wildman–Crippen LogP) is 5.61. The van der Waals surface area contributed by atoms with Crippen LogP contribution in [-0.4, -0.2) is 103 Å². The molecule has 65 heavy (non-hydrogen) atoms. The van der Waals surface area contributed by atoms with Crippen LogP contribution in [0.2, 0.25) is 0 Å². The van der Waals surface area contributed by atoms with Crippen molar-refractivity contribution in [1.82, 2.24) is 15.0 Å². The smallest absolute Gasteiger partial charge is 0.296 e. The minimum Gasteiger partial charge on any atom is -0.491 e. The molecule has 7 N–H and O–H groups in total.